The Labute approximate surface area is 91.6 Å². The van der Waals surface area contributed by atoms with E-state index in [0.29, 0.717) is 4.90 Å². The lowest BCUT2D eigenvalue weighted by Gasteiger charge is -2.02. The van der Waals surface area contributed by atoms with Crippen LogP contribution in [0.25, 0.3) is 0 Å². The molecule has 0 unspecified atom stereocenters. The van der Waals surface area contributed by atoms with Crippen molar-refractivity contribution in [3.63, 3.8) is 0 Å². The molecule has 0 amide bonds. The van der Waals surface area contributed by atoms with Gasteiger partial charge in [0.1, 0.15) is 5.02 Å². The molecule has 3 nitrogen and oxygen atoms in total. The molecule has 0 fully saturated rings. The van der Waals surface area contributed by atoms with E-state index in [4.69, 9.17) is 11.6 Å². The highest BCUT2D eigenvalue weighted by atomic mass is 35.5. The number of hydrogen-bond acceptors (Lipinski definition) is 3. The van der Waals surface area contributed by atoms with Crippen molar-refractivity contribution >= 4 is 29.1 Å². The summed E-state index contributed by atoms with van der Waals surface area (Å²) >= 11 is 7.21. The van der Waals surface area contributed by atoms with Crippen LogP contribution < -0.4 is 0 Å². The molecule has 1 rings (SSSR count). The molecular weight excluding hydrogens is 222 g/mol. The summed E-state index contributed by atoms with van der Waals surface area (Å²) < 4.78 is 0. The number of halogens is 1. The second kappa shape index (κ2) is 5.22. The fourth-order valence-corrected chi connectivity index (χ4v) is 2.22. The van der Waals surface area contributed by atoms with E-state index in [0.717, 1.165) is 12.2 Å². The monoisotopic (exact) mass is 231 g/mol. The quantitative estimate of drug-likeness (QED) is 0.450. The second-order valence-corrected chi connectivity index (χ2v) is 4.24. The predicted molar refractivity (Wildman–Crippen MR) is 59.1 cm³/mol. The summed E-state index contributed by atoms with van der Waals surface area (Å²) in [6.45, 7) is 2.03. The van der Waals surface area contributed by atoms with Crippen LogP contribution in [0.2, 0.25) is 5.02 Å². The molecular formula is C9H10ClNO2S. The van der Waals surface area contributed by atoms with Crippen LogP contribution in [-0.4, -0.2) is 10.7 Å². The molecule has 0 bridgehead atoms. The van der Waals surface area contributed by atoms with Crippen molar-refractivity contribution in [2.45, 2.75) is 18.2 Å². The minimum Gasteiger partial charge on any atom is -0.258 e. The molecule has 5 heteroatoms. The lowest BCUT2D eigenvalue weighted by molar-refractivity contribution is -0.387. The SMILES string of the molecule is CCCSc1cccc(Cl)c1[N+](=O)[O-]. The first-order valence-corrected chi connectivity index (χ1v) is 5.59. The van der Waals surface area contributed by atoms with Crippen molar-refractivity contribution in [3.05, 3.63) is 33.3 Å². The van der Waals surface area contributed by atoms with Gasteiger partial charge in [-0.2, -0.15) is 0 Å². The lowest BCUT2D eigenvalue weighted by atomic mass is 10.3. The van der Waals surface area contributed by atoms with Crippen molar-refractivity contribution in [3.8, 4) is 0 Å². The van der Waals surface area contributed by atoms with Crippen molar-refractivity contribution in [2.75, 3.05) is 5.75 Å². The van der Waals surface area contributed by atoms with Gasteiger partial charge in [0.2, 0.25) is 0 Å². The Kier molecular flexibility index (Phi) is 4.22. The van der Waals surface area contributed by atoms with Gasteiger partial charge in [-0.3, -0.25) is 10.1 Å². The number of rotatable bonds is 4. The van der Waals surface area contributed by atoms with Gasteiger partial charge in [-0.15, -0.1) is 11.8 Å². The molecule has 0 spiro atoms. The highest BCUT2D eigenvalue weighted by molar-refractivity contribution is 7.99. The number of nitrogens with zero attached hydrogens (tertiary/aromatic N) is 1. The maximum atomic E-state index is 10.7. The average molecular weight is 232 g/mol. The number of para-hydroxylation sites is 1. The first-order chi connectivity index (χ1) is 6.66. The second-order valence-electron chi connectivity index (χ2n) is 2.69. The van der Waals surface area contributed by atoms with Crippen LogP contribution >= 0.6 is 23.4 Å². The Morgan fingerprint density at radius 3 is 2.86 bits per heavy atom. The molecule has 76 valence electrons. The van der Waals surface area contributed by atoms with Gasteiger partial charge in [-0.05, 0) is 24.3 Å². The van der Waals surface area contributed by atoms with Gasteiger partial charge < -0.3 is 0 Å². The van der Waals surface area contributed by atoms with Gasteiger partial charge >= 0.3 is 5.69 Å². The van der Waals surface area contributed by atoms with E-state index in [1.807, 2.05) is 6.92 Å². The van der Waals surface area contributed by atoms with Crippen molar-refractivity contribution in [1.82, 2.24) is 0 Å². The van der Waals surface area contributed by atoms with E-state index in [-0.39, 0.29) is 10.7 Å². The Hall–Kier alpha value is -0.740. The van der Waals surface area contributed by atoms with Crippen LogP contribution in [0, 0.1) is 10.1 Å². The normalized spacial score (nSPS) is 10.1. The van der Waals surface area contributed by atoms with Gasteiger partial charge in [-0.1, -0.05) is 24.6 Å². The third-order valence-corrected chi connectivity index (χ3v) is 3.15. The smallest absolute Gasteiger partial charge is 0.258 e. The van der Waals surface area contributed by atoms with Gasteiger partial charge in [0, 0.05) is 0 Å². The Morgan fingerprint density at radius 1 is 1.57 bits per heavy atom. The summed E-state index contributed by atoms with van der Waals surface area (Å²) in [6, 6.07) is 4.99. The summed E-state index contributed by atoms with van der Waals surface area (Å²) in [4.78, 5) is 10.9. The lowest BCUT2D eigenvalue weighted by Crippen LogP contribution is -1.92. The van der Waals surface area contributed by atoms with E-state index >= 15 is 0 Å². The van der Waals surface area contributed by atoms with E-state index in [2.05, 4.69) is 0 Å². The van der Waals surface area contributed by atoms with Gasteiger partial charge in [-0.25, -0.2) is 0 Å². The minimum absolute atomic E-state index is 0.0209. The average Bonchev–Trinajstić information content (AvgIpc) is 2.14. The molecule has 0 heterocycles. The van der Waals surface area contributed by atoms with Crippen LogP contribution in [0.15, 0.2) is 23.1 Å². The van der Waals surface area contributed by atoms with Gasteiger partial charge in [0.25, 0.3) is 0 Å². The highest BCUT2D eigenvalue weighted by Gasteiger charge is 2.17. The van der Waals surface area contributed by atoms with Crippen molar-refractivity contribution in [2.24, 2.45) is 0 Å². The van der Waals surface area contributed by atoms with Crippen LogP contribution in [0.5, 0.6) is 0 Å². The Balaban J connectivity index is 3.02. The zero-order valence-electron chi connectivity index (χ0n) is 7.70. The third kappa shape index (κ3) is 2.62. The summed E-state index contributed by atoms with van der Waals surface area (Å²) in [7, 11) is 0. The summed E-state index contributed by atoms with van der Waals surface area (Å²) in [6.07, 6.45) is 0.980. The van der Waals surface area contributed by atoms with Crippen LogP contribution in [0.1, 0.15) is 13.3 Å². The molecule has 0 saturated carbocycles. The summed E-state index contributed by atoms with van der Waals surface area (Å²) in [5.74, 6) is 0.862. The zero-order chi connectivity index (χ0) is 10.6. The van der Waals surface area contributed by atoms with Crippen molar-refractivity contribution in [1.29, 1.82) is 0 Å². The largest absolute Gasteiger partial charge is 0.301 e. The molecule has 0 saturated heterocycles. The molecule has 1 aromatic rings. The molecule has 0 aliphatic rings. The molecule has 1 aromatic carbocycles. The number of thioether (sulfide) groups is 1. The molecule has 0 atom stereocenters. The number of nitro groups is 1. The zero-order valence-corrected chi connectivity index (χ0v) is 9.27. The topological polar surface area (TPSA) is 43.1 Å². The van der Waals surface area contributed by atoms with E-state index in [1.54, 1.807) is 12.1 Å². The fourth-order valence-electron chi connectivity index (χ4n) is 1.00. The highest BCUT2D eigenvalue weighted by Crippen LogP contribution is 2.35. The third-order valence-electron chi connectivity index (χ3n) is 1.59. The predicted octanol–water partition coefficient (Wildman–Crippen LogP) is 3.75. The van der Waals surface area contributed by atoms with Crippen molar-refractivity contribution < 1.29 is 4.92 Å². The van der Waals surface area contributed by atoms with Crippen LogP contribution in [-0.2, 0) is 0 Å². The first-order valence-electron chi connectivity index (χ1n) is 4.22. The molecule has 0 N–H and O–H groups in total. The summed E-state index contributed by atoms with van der Waals surface area (Å²) in [5.41, 5.74) is 0.0209. The van der Waals surface area contributed by atoms with Gasteiger partial charge in [0.15, 0.2) is 0 Å². The van der Waals surface area contributed by atoms with E-state index < -0.39 is 4.92 Å². The number of nitro benzene ring substituents is 1. The minimum atomic E-state index is -0.430. The Morgan fingerprint density at radius 2 is 2.29 bits per heavy atom. The van der Waals surface area contributed by atoms with E-state index in [9.17, 15) is 10.1 Å². The molecule has 0 aliphatic heterocycles. The molecule has 14 heavy (non-hydrogen) atoms. The molecule has 0 aliphatic carbocycles. The molecule has 0 aromatic heterocycles. The molecule has 0 radical (unpaired) electrons. The number of hydrogen-bond donors (Lipinski definition) is 0. The standard InChI is InChI=1S/C9H10ClNO2S/c1-2-6-14-8-5-3-4-7(10)9(8)11(12)13/h3-5H,2,6H2,1H3. The maximum Gasteiger partial charge on any atom is 0.301 e. The maximum absolute atomic E-state index is 10.7. The van der Waals surface area contributed by atoms with E-state index in [1.165, 1.54) is 17.8 Å². The summed E-state index contributed by atoms with van der Waals surface area (Å²) in [5, 5.41) is 10.9. The Bertz CT molecular complexity index is 344. The number of benzene rings is 1. The first kappa shape index (κ1) is 11.3. The van der Waals surface area contributed by atoms with Gasteiger partial charge in [0.05, 0.1) is 9.82 Å². The van der Waals surface area contributed by atoms with Crippen LogP contribution in [0.4, 0.5) is 5.69 Å². The van der Waals surface area contributed by atoms with Crippen LogP contribution in [0.3, 0.4) is 0 Å². The fraction of sp³-hybridized carbons (Fsp3) is 0.333.